The minimum Gasteiger partial charge on any atom is -0.396 e. The van der Waals surface area contributed by atoms with E-state index in [2.05, 4.69) is 15.1 Å². The van der Waals surface area contributed by atoms with Gasteiger partial charge in [0.25, 0.3) is 0 Å². The standard InChI is InChI=1S/C16H25N5O2/c1-11(23)18-12-6-8-20(9-12)15-5-4-14(17)16(19-15)21-7-2-3-13(21)10-22/h4-5,12-13,22H,2-3,6-10,17H2,1H3,(H,18,23). The van der Waals surface area contributed by atoms with E-state index in [0.29, 0.717) is 5.69 Å². The third-order valence-electron chi connectivity index (χ3n) is 4.67. The highest BCUT2D eigenvalue weighted by Crippen LogP contribution is 2.31. The van der Waals surface area contributed by atoms with Crippen molar-refractivity contribution in [3.63, 3.8) is 0 Å². The number of nitrogen functional groups attached to an aromatic ring is 1. The fourth-order valence-corrected chi connectivity index (χ4v) is 3.53. The Kier molecular flexibility index (Phi) is 4.56. The van der Waals surface area contributed by atoms with Crippen molar-refractivity contribution < 1.29 is 9.90 Å². The molecule has 126 valence electrons. The molecule has 0 aromatic carbocycles. The summed E-state index contributed by atoms with van der Waals surface area (Å²) in [5, 5.41) is 12.5. The summed E-state index contributed by atoms with van der Waals surface area (Å²) in [5.41, 5.74) is 6.76. The molecule has 2 fully saturated rings. The van der Waals surface area contributed by atoms with E-state index in [0.717, 1.165) is 50.5 Å². The Labute approximate surface area is 136 Å². The van der Waals surface area contributed by atoms with Gasteiger partial charge in [0.05, 0.1) is 18.3 Å². The fraction of sp³-hybridized carbons (Fsp3) is 0.625. The molecule has 0 radical (unpaired) electrons. The van der Waals surface area contributed by atoms with Crippen LogP contribution in [0.15, 0.2) is 12.1 Å². The van der Waals surface area contributed by atoms with Gasteiger partial charge in [-0.2, -0.15) is 0 Å². The average molecular weight is 319 g/mol. The predicted octanol–water partition coefficient (Wildman–Crippen LogP) is 0.340. The Bertz CT molecular complexity index is 580. The Morgan fingerprint density at radius 2 is 2.26 bits per heavy atom. The normalized spacial score (nSPS) is 24.3. The molecule has 3 heterocycles. The monoisotopic (exact) mass is 319 g/mol. The van der Waals surface area contributed by atoms with Crippen molar-refractivity contribution >= 4 is 23.2 Å². The lowest BCUT2D eigenvalue weighted by molar-refractivity contribution is -0.119. The van der Waals surface area contributed by atoms with Crippen molar-refractivity contribution in [2.75, 3.05) is 41.8 Å². The maximum absolute atomic E-state index is 11.2. The van der Waals surface area contributed by atoms with Crippen molar-refractivity contribution in [3.05, 3.63) is 12.1 Å². The van der Waals surface area contributed by atoms with Crippen LogP contribution in [-0.2, 0) is 4.79 Å². The third-order valence-corrected chi connectivity index (χ3v) is 4.67. The largest absolute Gasteiger partial charge is 0.396 e. The van der Waals surface area contributed by atoms with E-state index in [1.807, 2.05) is 12.1 Å². The van der Waals surface area contributed by atoms with Gasteiger partial charge in [-0.1, -0.05) is 0 Å². The molecule has 0 spiro atoms. The molecule has 1 aromatic rings. The van der Waals surface area contributed by atoms with Gasteiger partial charge in [-0.15, -0.1) is 0 Å². The number of pyridine rings is 1. The first-order valence-corrected chi connectivity index (χ1v) is 8.24. The van der Waals surface area contributed by atoms with E-state index >= 15 is 0 Å². The molecule has 2 aliphatic rings. The zero-order valence-electron chi connectivity index (χ0n) is 13.5. The molecule has 2 atom stereocenters. The van der Waals surface area contributed by atoms with E-state index in [1.165, 1.54) is 0 Å². The van der Waals surface area contributed by atoms with Crippen LogP contribution in [0.1, 0.15) is 26.2 Å². The number of hydrogen-bond acceptors (Lipinski definition) is 6. The molecule has 0 aliphatic carbocycles. The zero-order chi connectivity index (χ0) is 16.4. The summed E-state index contributed by atoms with van der Waals surface area (Å²) in [5.74, 6) is 1.65. The molecule has 2 aliphatic heterocycles. The van der Waals surface area contributed by atoms with Crippen molar-refractivity contribution in [3.8, 4) is 0 Å². The van der Waals surface area contributed by atoms with Crippen LogP contribution >= 0.6 is 0 Å². The summed E-state index contributed by atoms with van der Waals surface area (Å²) in [6.45, 7) is 4.18. The maximum Gasteiger partial charge on any atom is 0.217 e. The number of amides is 1. The van der Waals surface area contributed by atoms with Crippen molar-refractivity contribution in [2.24, 2.45) is 0 Å². The molecule has 0 saturated carbocycles. The van der Waals surface area contributed by atoms with Crippen LogP contribution in [0.25, 0.3) is 0 Å². The fourth-order valence-electron chi connectivity index (χ4n) is 3.53. The number of nitrogens with two attached hydrogens (primary N) is 1. The van der Waals surface area contributed by atoms with Crippen molar-refractivity contribution in [2.45, 2.75) is 38.3 Å². The van der Waals surface area contributed by atoms with Crippen molar-refractivity contribution in [1.29, 1.82) is 0 Å². The van der Waals surface area contributed by atoms with E-state index in [9.17, 15) is 9.90 Å². The van der Waals surface area contributed by atoms with E-state index < -0.39 is 0 Å². The van der Waals surface area contributed by atoms with Crippen LogP contribution in [0.2, 0.25) is 0 Å². The first kappa shape index (κ1) is 15.9. The third kappa shape index (κ3) is 3.34. The highest BCUT2D eigenvalue weighted by Gasteiger charge is 2.28. The lowest BCUT2D eigenvalue weighted by atomic mass is 10.2. The molecule has 23 heavy (non-hydrogen) atoms. The number of carbonyl (C=O) groups excluding carboxylic acids is 1. The molecule has 7 nitrogen and oxygen atoms in total. The number of carbonyl (C=O) groups is 1. The number of rotatable bonds is 4. The lowest BCUT2D eigenvalue weighted by Gasteiger charge is -2.27. The highest BCUT2D eigenvalue weighted by molar-refractivity contribution is 5.73. The topological polar surface area (TPSA) is 94.7 Å². The van der Waals surface area contributed by atoms with E-state index in [4.69, 9.17) is 10.7 Å². The quantitative estimate of drug-likeness (QED) is 0.741. The first-order chi connectivity index (χ1) is 11.1. The van der Waals surface area contributed by atoms with Gasteiger partial charge in [0.2, 0.25) is 5.91 Å². The SMILES string of the molecule is CC(=O)NC1CCN(c2ccc(N)c(N3CCCC3CO)n2)C1. The molecule has 3 rings (SSSR count). The first-order valence-electron chi connectivity index (χ1n) is 8.24. The summed E-state index contributed by atoms with van der Waals surface area (Å²) in [4.78, 5) is 20.2. The van der Waals surface area contributed by atoms with Crippen LogP contribution in [0.4, 0.5) is 17.3 Å². The molecule has 7 heteroatoms. The number of aliphatic hydroxyl groups is 1. The smallest absolute Gasteiger partial charge is 0.217 e. The van der Waals surface area contributed by atoms with Crippen LogP contribution in [0.3, 0.4) is 0 Å². The van der Waals surface area contributed by atoms with Crippen LogP contribution in [0, 0.1) is 0 Å². The number of nitrogens with one attached hydrogen (secondary N) is 1. The predicted molar refractivity (Wildman–Crippen MR) is 90.5 cm³/mol. The number of hydrogen-bond donors (Lipinski definition) is 3. The van der Waals surface area contributed by atoms with Gasteiger partial charge in [0.1, 0.15) is 5.82 Å². The number of nitrogens with zero attached hydrogens (tertiary/aromatic N) is 3. The number of aromatic nitrogens is 1. The highest BCUT2D eigenvalue weighted by atomic mass is 16.3. The zero-order valence-corrected chi connectivity index (χ0v) is 13.5. The molecule has 1 amide bonds. The van der Waals surface area contributed by atoms with Gasteiger partial charge in [-0.25, -0.2) is 4.98 Å². The minimum atomic E-state index is 0.00524. The van der Waals surface area contributed by atoms with Crippen LogP contribution in [-0.4, -0.2) is 54.3 Å². The molecule has 2 saturated heterocycles. The average Bonchev–Trinajstić information content (AvgIpc) is 3.16. The minimum absolute atomic E-state index is 0.00524. The Balaban J connectivity index is 1.77. The number of anilines is 3. The summed E-state index contributed by atoms with van der Waals surface area (Å²) in [6, 6.07) is 4.09. The molecular formula is C16H25N5O2. The molecule has 0 bridgehead atoms. The van der Waals surface area contributed by atoms with Gasteiger partial charge in [-0.3, -0.25) is 4.79 Å². The Hall–Kier alpha value is -2.02. The Morgan fingerprint density at radius 1 is 1.43 bits per heavy atom. The summed E-state index contributed by atoms with van der Waals surface area (Å²) in [6.07, 6.45) is 2.94. The summed E-state index contributed by atoms with van der Waals surface area (Å²) >= 11 is 0. The second kappa shape index (κ2) is 6.62. The van der Waals surface area contributed by atoms with Gasteiger partial charge >= 0.3 is 0 Å². The molecule has 2 unspecified atom stereocenters. The molecule has 1 aromatic heterocycles. The number of aliphatic hydroxyl groups excluding tert-OH is 1. The summed E-state index contributed by atoms with van der Waals surface area (Å²) in [7, 11) is 0. The second-order valence-corrected chi connectivity index (χ2v) is 6.39. The molecular weight excluding hydrogens is 294 g/mol. The lowest BCUT2D eigenvalue weighted by Crippen LogP contribution is -2.36. The van der Waals surface area contributed by atoms with Crippen LogP contribution in [0.5, 0.6) is 0 Å². The van der Waals surface area contributed by atoms with E-state index in [-0.39, 0.29) is 24.6 Å². The van der Waals surface area contributed by atoms with Gasteiger partial charge in [0, 0.05) is 32.6 Å². The van der Waals surface area contributed by atoms with Gasteiger partial charge in [0.15, 0.2) is 5.82 Å². The van der Waals surface area contributed by atoms with Gasteiger partial charge in [-0.05, 0) is 31.4 Å². The maximum atomic E-state index is 11.2. The van der Waals surface area contributed by atoms with E-state index in [1.54, 1.807) is 6.92 Å². The second-order valence-electron chi connectivity index (χ2n) is 6.39. The van der Waals surface area contributed by atoms with Crippen LogP contribution < -0.4 is 20.9 Å². The molecule has 4 N–H and O–H groups in total. The van der Waals surface area contributed by atoms with Gasteiger partial charge < -0.3 is 26.0 Å². The summed E-state index contributed by atoms with van der Waals surface area (Å²) < 4.78 is 0. The van der Waals surface area contributed by atoms with Crippen molar-refractivity contribution in [1.82, 2.24) is 10.3 Å². The Morgan fingerprint density at radius 3 is 3.00 bits per heavy atom.